The lowest BCUT2D eigenvalue weighted by Gasteiger charge is -2.09. The Kier molecular flexibility index (Phi) is 3.99. The minimum absolute atomic E-state index is 0.549. The Labute approximate surface area is 105 Å². The van der Waals surface area contributed by atoms with Gasteiger partial charge in [0.2, 0.25) is 0 Å². The molecule has 0 atom stereocenters. The highest BCUT2D eigenvalue weighted by molar-refractivity contribution is 7.80. The van der Waals surface area contributed by atoms with E-state index in [9.17, 15) is 0 Å². The first-order valence-electron chi connectivity index (χ1n) is 5.19. The molecule has 2 heterocycles. The Morgan fingerprint density at radius 3 is 2.82 bits per heavy atom. The van der Waals surface area contributed by atoms with E-state index >= 15 is 0 Å². The van der Waals surface area contributed by atoms with Gasteiger partial charge in [-0.15, -0.1) is 0 Å². The Morgan fingerprint density at radius 1 is 1.18 bits per heavy atom. The van der Waals surface area contributed by atoms with E-state index in [2.05, 4.69) is 20.6 Å². The molecule has 0 spiro atoms. The molecule has 2 aromatic heterocycles. The second kappa shape index (κ2) is 5.91. The van der Waals surface area contributed by atoms with Gasteiger partial charge in [0, 0.05) is 25.1 Å². The first-order valence-corrected chi connectivity index (χ1v) is 5.60. The van der Waals surface area contributed by atoms with Crippen LogP contribution in [-0.4, -0.2) is 15.1 Å². The molecule has 0 aliphatic rings. The van der Waals surface area contributed by atoms with Gasteiger partial charge in [-0.2, -0.15) is 0 Å². The van der Waals surface area contributed by atoms with Crippen LogP contribution in [0.5, 0.6) is 0 Å². The molecule has 0 radical (unpaired) electrons. The minimum atomic E-state index is 0.549. The van der Waals surface area contributed by atoms with Crippen molar-refractivity contribution in [2.24, 2.45) is 0 Å². The highest BCUT2D eigenvalue weighted by Crippen LogP contribution is 2.00. The van der Waals surface area contributed by atoms with Crippen molar-refractivity contribution >= 4 is 23.1 Å². The number of anilines is 1. The molecule has 2 aromatic rings. The average molecular weight is 244 g/mol. The Balaban J connectivity index is 1.83. The van der Waals surface area contributed by atoms with Gasteiger partial charge in [0.25, 0.3) is 0 Å². The van der Waals surface area contributed by atoms with Crippen molar-refractivity contribution in [2.45, 2.75) is 6.54 Å². The maximum absolute atomic E-state index is 5.15. The zero-order valence-corrected chi connectivity index (χ0v) is 9.95. The van der Waals surface area contributed by atoms with Crippen molar-refractivity contribution in [3.8, 4) is 0 Å². The largest absolute Gasteiger partial charge is 0.358 e. The molecule has 0 aliphatic carbocycles. The van der Waals surface area contributed by atoms with Gasteiger partial charge in [0.05, 0.1) is 0 Å². The van der Waals surface area contributed by atoms with Crippen LogP contribution in [0, 0.1) is 0 Å². The zero-order valence-electron chi connectivity index (χ0n) is 9.13. The third-order valence-corrected chi connectivity index (χ3v) is 2.33. The molecule has 2 N–H and O–H groups in total. The second-order valence-corrected chi connectivity index (χ2v) is 3.79. The Hall–Kier alpha value is -2.01. The van der Waals surface area contributed by atoms with Crippen molar-refractivity contribution in [1.82, 2.24) is 15.3 Å². The van der Waals surface area contributed by atoms with Crippen LogP contribution >= 0.6 is 12.2 Å². The number of nitrogens with zero attached hydrogens (tertiary/aromatic N) is 2. The van der Waals surface area contributed by atoms with Gasteiger partial charge < -0.3 is 10.6 Å². The topological polar surface area (TPSA) is 49.8 Å². The van der Waals surface area contributed by atoms with E-state index in [1.54, 1.807) is 18.6 Å². The predicted molar refractivity (Wildman–Crippen MR) is 71.5 cm³/mol. The molecule has 5 heteroatoms. The first kappa shape index (κ1) is 11.5. The third-order valence-electron chi connectivity index (χ3n) is 2.08. The summed E-state index contributed by atoms with van der Waals surface area (Å²) >= 11 is 5.15. The Bertz CT molecular complexity index is 472. The SMILES string of the molecule is S=C(NCc1cccnc1)Nc1ccccn1. The van der Waals surface area contributed by atoms with Crippen molar-refractivity contribution in [1.29, 1.82) is 0 Å². The van der Waals surface area contributed by atoms with Crippen molar-refractivity contribution in [2.75, 3.05) is 5.32 Å². The van der Waals surface area contributed by atoms with E-state index in [-0.39, 0.29) is 0 Å². The lowest BCUT2D eigenvalue weighted by Crippen LogP contribution is -2.28. The molecular formula is C12H12N4S. The van der Waals surface area contributed by atoms with E-state index < -0.39 is 0 Å². The first-order chi connectivity index (χ1) is 8.34. The summed E-state index contributed by atoms with van der Waals surface area (Å²) in [6, 6.07) is 9.50. The van der Waals surface area contributed by atoms with Crippen LogP contribution < -0.4 is 10.6 Å². The van der Waals surface area contributed by atoms with Crippen LogP contribution in [0.25, 0.3) is 0 Å². The average Bonchev–Trinajstić information content (AvgIpc) is 2.39. The van der Waals surface area contributed by atoms with Gasteiger partial charge >= 0.3 is 0 Å². The summed E-state index contributed by atoms with van der Waals surface area (Å²) in [7, 11) is 0. The number of pyridine rings is 2. The number of thiocarbonyl (C=S) groups is 1. The second-order valence-electron chi connectivity index (χ2n) is 3.38. The molecule has 17 heavy (non-hydrogen) atoms. The van der Waals surface area contributed by atoms with Crippen LogP contribution in [0.1, 0.15) is 5.56 Å². The van der Waals surface area contributed by atoms with Crippen LogP contribution in [-0.2, 0) is 6.54 Å². The highest BCUT2D eigenvalue weighted by Gasteiger charge is 1.97. The highest BCUT2D eigenvalue weighted by atomic mass is 32.1. The van der Waals surface area contributed by atoms with Crippen molar-refractivity contribution in [3.05, 3.63) is 54.5 Å². The predicted octanol–water partition coefficient (Wildman–Crippen LogP) is 1.96. The van der Waals surface area contributed by atoms with E-state index in [1.165, 1.54) is 0 Å². The minimum Gasteiger partial charge on any atom is -0.358 e. The van der Waals surface area contributed by atoms with Crippen LogP contribution in [0.3, 0.4) is 0 Å². The third kappa shape index (κ3) is 3.81. The fourth-order valence-corrected chi connectivity index (χ4v) is 1.46. The summed E-state index contributed by atoms with van der Waals surface area (Å²) in [4.78, 5) is 8.15. The standard InChI is InChI=1S/C12H12N4S/c17-12(16-11-5-1-2-7-14-11)15-9-10-4-3-6-13-8-10/h1-8H,9H2,(H2,14,15,16,17). The molecule has 0 aliphatic heterocycles. The van der Waals surface area contributed by atoms with Gasteiger partial charge in [-0.3, -0.25) is 4.98 Å². The summed E-state index contributed by atoms with van der Waals surface area (Å²) in [6.45, 7) is 0.645. The molecule has 86 valence electrons. The summed E-state index contributed by atoms with van der Waals surface area (Å²) in [6.07, 6.45) is 5.26. The number of hydrogen-bond acceptors (Lipinski definition) is 3. The molecule has 2 rings (SSSR count). The van der Waals surface area contributed by atoms with E-state index in [0.717, 1.165) is 11.4 Å². The summed E-state index contributed by atoms with van der Waals surface area (Å²) < 4.78 is 0. The maximum atomic E-state index is 5.15. The number of rotatable bonds is 3. The van der Waals surface area contributed by atoms with Crippen molar-refractivity contribution in [3.63, 3.8) is 0 Å². The lowest BCUT2D eigenvalue weighted by molar-refractivity contribution is 0.916. The van der Waals surface area contributed by atoms with Gasteiger partial charge in [-0.1, -0.05) is 12.1 Å². The van der Waals surface area contributed by atoms with Gasteiger partial charge in [0.1, 0.15) is 5.82 Å². The normalized spacial score (nSPS) is 9.65. The fraction of sp³-hybridized carbons (Fsp3) is 0.0833. The van der Waals surface area contributed by atoms with Gasteiger partial charge in [-0.05, 0) is 36.0 Å². The number of nitrogens with one attached hydrogen (secondary N) is 2. The molecule has 0 amide bonds. The van der Waals surface area contributed by atoms with Crippen LogP contribution in [0.2, 0.25) is 0 Å². The zero-order chi connectivity index (χ0) is 11.9. The Morgan fingerprint density at radius 2 is 2.12 bits per heavy atom. The molecule has 0 saturated heterocycles. The lowest BCUT2D eigenvalue weighted by atomic mass is 10.3. The number of hydrogen-bond donors (Lipinski definition) is 2. The molecule has 0 unspecified atom stereocenters. The molecule has 0 saturated carbocycles. The summed E-state index contributed by atoms with van der Waals surface area (Å²) in [5.41, 5.74) is 1.08. The quantitative estimate of drug-likeness (QED) is 0.808. The smallest absolute Gasteiger partial charge is 0.172 e. The summed E-state index contributed by atoms with van der Waals surface area (Å²) in [5.74, 6) is 0.733. The van der Waals surface area contributed by atoms with E-state index in [0.29, 0.717) is 11.7 Å². The van der Waals surface area contributed by atoms with E-state index in [1.807, 2.05) is 30.3 Å². The van der Waals surface area contributed by atoms with Crippen molar-refractivity contribution < 1.29 is 0 Å². The molecule has 0 aromatic carbocycles. The van der Waals surface area contributed by atoms with Gasteiger partial charge in [0.15, 0.2) is 5.11 Å². The van der Waals surface area contributed by atoms with E-state index in [4.69, 9.17) is 12.2 Å². The van der Waals surface area contributed by atoms with Crippen LogP contribution in [0.15, 0.2) is 48.9 Å². The molecule has 4 nitrogen and oxygen atoms in total. The molecule has 0 bridgehead atoms. The fourth-order valence-electron chi connectivity index (χ4n) is 1.28. The van der Waals surface area contributed by atoms with Crippen LogP contribution in [0.4, 0.5) is 5.82 Å². The van der Waals surface area contributed by atoms with Gasteiger partial charge in [-0.25, -0.2) is 4.98 Å². The monoisotopic (exact) mass is 244 g/mol. The number of aromatic nitrogens is 2. The molecular weight excluding hydrogens is 232 g/mol. The molecule has 0 fully saturated rings. The maximum Gasteiger partial charge on any atom is 0.172 e. The summed E-state index contributed by atoms with van der Waals surface area (Å²) in [5, 5.41) is 6.64.